The van der Waals surface area contributed by atoms with Gasteiger partial charge in [0.05, 0.1) is 6.54 Å². The fourth-order valence-electron chi connectivity index (χ4n) is 1.68. The average molecular weight is 189 g/mol. The second-order valence-corrected chi connectivity index (χ2v) is 3.65. The van der Waals surface area contributed by atoms with Crippen LogP contribution in [-0.2, 0) is 4.79 Å². The number of halogens is 1. The lowest BCUT2D eigenvalue weighted by Gasteiger charge is -2.29. The summed E-state index contributed by atoms with van der Waals surface area (Å²) in [7, 11) is 0. The van der Waals surface area contributed by atoms with Crippen molar-refractivity contribution in [2.45, 2.75) is 37.8 Å². The molecule has 2 N–H and O–H groups in total. The Balaban J connectivity index is 2.28. The number of carbonyl (C=O) groups excluding carboxylic acids is 1. The minimum atomic E-state index is -1.23. The highest BCUT2D eigenvalue weighted by atomic mass is 19.1. The topological polar surface area (TPSA) is 49.3 Å². The summed E-state index contributed by atoms with van der Waals surface area (Å²) >= 11 is 0. The summed E-state index contributed by atoms with van der Waals surface area (Å²) in [5.41, 5.74) is -1.23. The highest BCUT2D eigenvalue weighted by Gasteiger charge is 2.31. The van der Waals surface area contributed by atoms with E-state index in [1.165, 1.54) is 0 Å². The summed E-state index contributed by atoms with van der Waals surface area (Å²) in [6.07, 6.45) is 3.92. The quantitative estimate of drug-likeness (QED) is 0.689. The third kappa shape index (κ3) is 3.30. The van der Waals surface area contributed by atoms with Gasteiger partial charge in [-0.15, -0.1) is 0 Å². The lowest BCUT2D eigenvalue weighted by Crippen LogP contribution is -2.41. The molecule has 0 aromatic carbocycles. The Labute approximate surface area is 77.3 Å². The van der Waals surface area contributed by atoms with Crippen LogP contribution in [-0.4, -0.2) is 29.8 Å². The first-order valence-corrected chi connectivity index (χ1v) is 4.73. The molecule has 1 aliphatic rings. The standard InChI is InChI=1S/C9H16FNO2/c10-9(4-2-1-3-5-9)7-11-8(13)6-12/h12H,1-7H2,(H,11,13). The van der Waals surface area contributed by atoms with Gasteiger partial charge in [0.2, 0.25) is 5.91 Å². The Hall–Kier alpha value is -0.640. The Morgan fingerprint density at radius 1 is 1.38 bits per heavy atom. The average Bonchev–Trinajstić information content (AvgIpc) is 2.15. The van der Waals surface area contributed by atoms with Gasteiger partial charge in [0.1, 0.15) is 12.3 Å². The molecule has 4 heteroatoms. The molecule has 0 spiro atoms. The van der Waals surface area contributed by atoms with Crippen LogP contribution in [0.1, 0.15) is 32.1 Å². The Bertz CT molecular complexity index is 178. The zero-order valence-electron chi connectivity index (χ0n) is 7.68. The van der Waals surface area contributed by atoms with E-state index in [-0.39, 0.29) is 6.54 Å². The molecular formula is C9H16FNO2. The molecule has 0 aromatic rings. The molecule has 1 rings (SSSR count). The number of aliphatic hydroxyl groups excluding tert-OH is 1. The summed E-state index contributed by atoms with van der Waals surface area (Å²) in [4.78, 5) is 10.7. The van der Waals surface area contributed by atoms with Crippen LogP contribution in [0.25, 0.3) is 0 Å². The van der Waals surface area contributed by atoms with Crippen molar-refractivity contribution in [1.82, 2.24) is 5.32 Å². The van der Waals surface area contributed by atoms with E-state index in [4.69, 9.17) is 5.11 Å². The van der Waals surface area contributed by atoms with Gasteiger partial charge in [0, 0.05) is 0 Å². The van der Waals surface area contributed by atoms with Crippen molar-refractivity contribution in [3.8, 4) is 0 Å². The number of carbonyl (C=O) groups is 1. The number of hydrogen-bond acceptors (Lipinski definition) is 2. The zero-order chi connectivity index (χ0) is 9.73. The van der Waals surface area contributed by atoms with Gasteiger partial charge < -0.3 is 10.4 Å². The molecule has 0 aromatic heterocycles. The van der Waals surface area contributed by atoms with E-state index in [2.05, 4.69) is 5.32 Å². The fraction of sp³-hybridized carbons (Fsp3) is 0.889. The van der Waals surface area contributed by atoms with Crippen LogP contribution < -0.4 is 5.32 Å². The minimum Gasteiger partial charge on any atom is -0.387 e. The van der Waals surface area contributed by atoms with Crippen molar-refractivity contribution >= 4 is 5.91 Å². The maximum absolute atomic E-state index is 13.8. The molecule has 3 nitrogen and oxygen atoms in total. The van der Waals surface area contributed by atoms with E-state index in [9.17, 15) is 9.18 Å². The molecule has 0 saturated heterocycles. The van der Waals surface area contributed by atoms with Crippen molar-refractivity contribution < 1.29 is 14.3 Å². The monoisotopic (exact) mass is 189 g/mol. The first-order valence-electron chi connectivity index (χ1n) is 4.73. The molecule has 13 heavy (non-hydrogen) atoms. The Kier molecular flexibility index (Phi) is 3.66. The molecule has 0 aliphatic heterocycles. The normalized spacial score (nSPS) is 21.1. The third-order valence-electron chi connectivity index (χ3n) is 2.50. The second kappa shape index (κ2) is 4.56. The smallest absolute Gasteiger partial charge is 0.245 e. The molecule has 1 amide bonds. The van der Waals surface area contributed by atoms with Gasteiger partial charge in [-0.1, -0.05) is 19.3 Å². The lowest BCUT2D eigenvalue weighted by molar-refractivity contribution is -0.124. The van der Waals surface area contributed by atoms with Crippen LogP contribution in [0.5, 0.6) is 0 Å². The molecule has 1 saturated carbocycles. The maximum Gasteiger partial charge on any atom is 0.245 e. The minimum absolute atomic E-state index is 0.0480. The van der Waals surface area contributed by atoms with E-state index in [1.54, 1.807) is 0 Å². The van der Waals surface area contributed by atoms with Gasteiger partial charge in [0.15, 0.2) is 0 Å². The molecule has 0 radical (unpaired) electrons. The molecule has 76 valence electrons. The molecule has 0 bridgehead atoms. The molecule has 0 atom stereocenters. The van der Waals surface area contributed by atoms with Gasteiger partial charge in [-0.3, -0.25) is 4.79 Å². The van der Waals surface area contributed by atoms with Gasteiger partial charge in [-0.2, -0.15) is 0 Å². The molecule has 0 heterocycles. The van der Waals surface area contributed by atoms with Crippen molar-refractivity contribution in [3.63, 3.8) is 0 Å². The Morgan fingerprint density at radius 3 is 2.54 bits per heavy atom. The summed E-state index contributed by atoms with van der Waals surface area (Å²) in [6.45, 7) is -0.511. The second-order valence-electron chi connectivity index (χ2n) is 3.65. The summed E-state index contributed by atoms with van der Waals surface area (Å²) in [5, 5.41) is 10.8. The van der Waals surface area contributed by atoms with Crippen LogP contribution in [0.4, 0.5) is 4.39 Å². The summed E-state index contributed by atoms with van der Waals surface area (Å²) < 4.78 is 13.8. The van der Waals surface area contributed by atoms with Gasteiger partial charge >= 0.3 is 0 Å². The highest BCUT2D eigenvalue weighted by Crippen LogP contribution is 2.30. The molecule has 1 aliphatic carbocycles. The number of aliphatic hydroxyl groups is 1. The van der Waals surface area contributed by atoms with Crippen LogP contribution in [0.2, 0.25) is 0 Å². The molecular weight excluding hydrogens is 173 g/mol. The largest absolute Gasteiger partial charge is 0.387 e. The van der Waals surface area contributed by atoms with E-state index in [0.29, 0.717) is 12.8 Å². The maximum atomic E-state index is 13.8. The summed E-state index contributed by atoms with van der Waals surface area (Å²) in [5.74, 6) is -0.498. The van der Waals surface area contributed by atoms with Crippen molar-refractivity contribution in [2.75, 3.05) is 13.2 Å². The summed E-state index contributed by atoms with van der Waals surface area (Å²) in [6, 6.07) is 0. The SMILES string of the molecule is O=C(CO)NCC1(F)CCCCC1. The van der Waals surface area contributed by atoms with Crippen molar-refractivity contribution in [2.24, 2.45) is 0 Å². The number of nitrogens with one attached hydrogen (secondary N) is 1. The van der Waals surface area contributed by atoms with Crippen LogP contribution >= 0.6 is 0 Å². The zero-order valence-corrected chi connectivity index (χ0v) is 7.68. The molecule has 1 fully saturated rings. The lowest BCUT2D eigenvalue weighted by atomic mass is 9.86. The van der Waals surface area contributed by atoms with Crippen LogP contribution in [0.15, 0.2) is 0 Å². The van der Waals surface area contributed by atoms with E-state index in [1.807, 2.05) is 0 Å². The number of amides is 1. The number of hydrogen-bond donors (Lipinski definition) is 2. The van der Waals surface area contributed by atoms with Crippen molar-refractivity contribution in [3.05, 3.63) is 0 Å². The van der Waals surface area contributed by atoms with Crippen molar-refractivity contribution in [1.29, 1.82) is 0 Å². The number of rotatable bonds is 3. The van der Waals surface area contributed by atoms with Gasteiger partial charge in [-0.25, -0.2) is 4.39 Å². The first-order chi connectivity index (χ1) is 6.16. The highest BCUT2D eigenvalue weighted by molar-refractivity contribution is 5.76. The van der Waals surface area contributed by atoms with E-state index >= 15 is 0 Å². The first kappa shape index (κ1) is 10.4. The predicted molar refractivity (Wildman–Crippen MR) is 47.0 cm³/mol. The predicted octanol–water partition coefficient (Wildman–Crippen LogP) is 0.767. The number of alkyl halides is 1. The fourth-order valence-corrected chi connectivity index (χ4v) is 1.68. The van der Waals surface area contributed by atoms with Gasteiger partial charge in [-0.05, 0) is 12.8 Å². The Morgan fingerprint density at radius 2 is 2.00 bits per heavy atom. The van der Waals surface area contributed by atoms with Gasteiger partial charge in [0.25, 0.3) is 0 Å². The van der Waals surface area contributed by atoms with Crippen LogP contribution in [0.3, 0.4) is 0 Å². The third-order valence-corrected chi connectivity index (χ3v) is 2.50. The van der Waals surface area contributed by atoms with E-state index in [0.717, 1.165) is 19.3 Å². The van der Waals surface area contributed by atoms with E-state index < -0.39 is 18.2 Å². The van der Waals surface area contributed by atoms with Crippen LogP contribution in [0, 0.1) is 0 Å². The molecule has 0 unspecified atom stereocenters.